The van der Waals surface area contributed by atoms with Gasteiger partial charge in [-0.15, -0.1) is 0 Å². The fourth-order valence-electron chi connectivity index (χ4n) is 4.57. The maximum Gasteiger partial charge on any atom is 0.433 e. The molecule has 0 aliphatic carbocycles. The Morgan fingerprint density at radius 1 is 1.21 bits per heavy atom. The van der Waals surface area contributed by atoms with Gasteiger partial charge in [0.1, 0.15) is 12.3 Å². The van der Waals surface area contributed by atoms with Crippen molar-refractivity contribution >= 4 is 23.2 Å². The normalized spacial score (nSPS) is 20.3. The summed E-state index contributed by atoms with van der Waals surface area (Å²) in [5.41, 5.74) is 0.620. The lowest BCUT2D eigenvalue weighted by molar-refractivity contribution is -0.141. The molecule has 0 radical (unpaired) electrons. The molecule has 198 valence electrons. The Balaban J connectivity index is 1.48. The van der Waals surface area contributed by atoms with Crippen molar-refractivity contribution in [3.63, 3.8) is 0 Å². The standard InChI is InChI=1S/C25H20F5N5O3/c1-12-2-3-15(34-23(37)13-4-5-32-18(9-13)25(28,29)30)10-16(12)14-8-17-19(33-11-14)21(36)24(26,27)20-22(31)38-7-6-35(17)20/h2-5,8-11,20-21,31,36H,6-7H2,1H3,(H,34,37)/t20?,21-/m1/s1. The third-order valence-electron chi connectivity index (χ3n) is 6.46. The summed E-state index contributed by atoms with van der Waals surface area (Å²) < 4.78 is 73.7. The van der Waals surface area contributed by atoms with Crippen LogP contribution in [-0.2, 0) is 10.9 Å². The molecule has 2 aliphatic heterocycles. The van der Waals surface area contributed by atoms with Gasteiger partial charge < -0.3 is 20.1 Å². The van der Waals surface area contributed by atoms with Crippen LogP contribution in [0, 0.1) is 12.3 Å². The molecule has 1 unspecified atom stereocenters. The van der Waals surface area contributed by atoms with Gasteiger partial charge in [0.25, 0.3) is 5.91 Å². The summed E-state index contributed by atoms with van der Waals surface area (Å²) in [6, 6.07) is 6.41. The number of hydrogen-bond acceptors (Lipinski definition) is 7. The number of aromatic nitrogens is 2. The second-order valence-electron chi connectivity index (χ2n) is 8.93. The van der Waals surface area contributed by atoms with Crippen molar-refractivity contribution in [2.45, 2.75) is 31.2 Å². The number of alkyl halides is 5. The predicted octanol–water partition coefficient (Wildman–Crippen LogP) is 4.59. The highest BCUT2D eigenvalue weighted by molar-refractivity contribution is 6.04. The van der Waals surface area contributed by atoms with E-state index in [1.165, 1.54) is 11.1 Å². The highest BCUT2D eigenvalue weighted by atomic mass is 19.4. The van der Waals surface area contributed by atoms with Gasteiger partial charge in [0.2, 0.25) is 5.90 Å². The molecular formula is C25H20F5N5O3. The number of aliphatic hydroxyl groups is 1. The molecule has 13 heteroatoms. The van der Waals surface area contributed by atoms with Crippen molar-refractivity contribution in [3.8, 4) is 11.1 Å². The van der Waals surface area contributed by atoms with Gasteiger partial charge in [0.15, 0.2) is 12.1 Å². The molecule has 2 atom stereocenters. The van der Waals surface area contributed by atoms with Gasteiger partial charge in [-0.1, -0.05) is 6.07 Å². The number of amides is 1. The SMILES string of the molecule is Cc1ccc(NC(=O)c2ccnc(C(F)(F)F)c2)cc1-c1cnc2c(c1)N1CCOC(=N)C1C(F)(F)[C@@H]2O. The van der Waals surface area contributed by atoms with E-state index in [2.05, 4.69) is 15.3 Å². The van der Waals surface area contributed by atoms with Gasteiger partial charge in [-0.25, -0.2) is 8.78 Å². The van der Waals surface area contributed by atoms with Crippen LogP contribution in [0.3, 0.4) is 0 Å². The van der Waals surface area contributed by atoms with Crippen LogP contribution in [0.1, 0.15) is 33.4 Å². The monoisotopic (exact) mass is 533 g/mol. The minimum atomic E-state index is -4.71. The van der Waals surface area contributed by atoms with Crippen molar-refractivity contribution in [2.24, 2.45) is 0 Å². The summed E-state index contributed by atoms with van der Waals surface area (Å²) in [6.07, 6.45) is -4.74. The van der Waals surface area contributed by atoms with Gasteiger partial charge in [-0.3, -0.25) is 20.2 Å². The number of morpholine rings is 1. The minimum absolute atomic E-state index is 0.0107. The molecule has 0 bridgehead atoms. The summed E-state index contributed by atoms with van der Waals surface area (Å²) in [5.74, 6) is -5.13. The number of hydrogen-bond donors (Lipinski definition) is 3. The number of aliphatic hydroxyl groups excluding tert-OH is 1. The number of carbonyl (C=O) groups excluding carboxylic acids is 1. The third kappa shape index (κ3) is 4.32. The topological polar surface area (TPSA) is 111 Å². The van der Waals surface area contributed by atoms with E-state index < -0.39 is 41.7 Å². The van der Waals surface area contributed by atoms with E-state index in [0.717, 1.165) is 17.8 Å². The number of halogens is 5. The van der Waals surface area contributed by atoms with Gasteiger partial charge >= 0.3 is 12.1 Å². The van der Waals surface area contributed by atoms with Crippen molar-refractivity contribution in [2.75, 3.05) is 23.4 Å². The van der Waals surface area contributed by atoms with Gasteiger partial charge in [-0.2, -0.15) is 13.2 Å². The van der Waals surface area contributed by atoms with E-state index >= 15 is 0 Å². The molecule has 1 aromatic carbocycles. The van der Waals surface area contributed by atoms with Crippen molar-refractivity contribution in [1.29, 1.82) is 5.41 Å². The highest BCUT2D eigenvalue weighted by Crippen LogP contribution is 2.47. The number of pyridine rings is 2. The zero-order valence-electron chi connectivity index (χ0n) is 19.7. The number of aryl methyl sites for hydroxylation is 1. The van der Waals surface area contributed by atoms with Crippen LogP contribution in [0.25, 0.3) is 11.1 Å². The molecule has 1 fully saturated rings. The molecule has 5 rings (SSSR count). The molecule has 2 aromatic heterocycles. The van der Waals surface area contributed by atoms with Crippen LogP contribution < -0.4 is 10.2 Å². The largest absolute Gasteiger partial charge is 0.478 e. The number of fused-ring (bicyclic) bond motifs is 3. The summed E-state index contributed by atoms with van der Waals surface area (Å²) in [4.78, 5) is 21.3. The quantitative estimate of drug-likeness (QED) is 0.425. The van der Waals surface area contributed by atoms with Crippen LogP contribution in [0.4, 0.5) is 33.3 Å². The number of benzene rings is 1. The van der Waals surface area contributed by atoms with E-state index in [0.29, 0.717) is 17.2 Å². The predicted molar refractivity (Wildman–Crippen MR) is 126 cm³/mol. The number of anilines is 2. The Morgan fingerprint density at radius 2 is 1.97 bits per heavy atom. The van der Waals surface area contributed by atoms with Crippen LogP contribution in [0.5, 0.6) is 0 Å². The zero-order valence-corrected chi connectivity index (χ0v) is 19.7. The maximum atomic E-state index is 14.9. The Bertz CT molecular complexity index is 1450. The molecule has 1 saturated heterocycles. The van der Waals surface area contributed by atoms with E-state index in [9.17, 15) is 31.9 Å². The van der Waals surface area contributed by atoms with Crippen molar-refractivity contribution in [1.82, 2.24) is 9.97 Å². The second kappa shape index (κ2) is 9.01. The number of ether oxygens (including phenoxy) is 1. The fraction of sp³-hybridized carbons (Fsp3) is 0.280. The number of carbonyl (C=O) groups is 1. The van der Waals surface area contributed by atoms with Crippen LogP contribution >= 0.6 is 0 Å². The molecule has 0 saturated carbocycles. The Morgan fingerprint density at radius 3 is 2.71 bits per heavy atom. The molecule has 3 N–H and O–H groups in total. The van der Waals surface area contributed by atoms with E-state index in [-0.39, 0.29) is 35.8 Å². The highest BCUT2D eigenvalue weighted by Gasteiger charge is 2.59. The first-order valence-electron chi connectivity index (χ1n) is 11.4. The van der Waals surface area contributed by atoms with Gasteiger partial charge in [0, 0.05) is 29.2 Å². The van der Waals surface area contributed by atoms with Crippen LogP contribution in [0.15, 0.2) is 48.8 Å². The smallest absolute Gasteiger partial charge is 0.433 e. The Hall–Kier alpha value is -4.13. The maximum absolute atomic E-state index is 14.9. The molecule has 38 heavy (non-hydrogen) atoms. The molecule has 8 nitrogen and oxygen atoms in total. The fourth-order valence-corrected chi connectivity index (χ4v) is 4.57. The number of nitrogens with one attached hydrogen (secondary N) is 2. The van der Waals surface area contributed by atoms with E-state index in [1.807, 2.05) is 0 Å². The van der Waals surface area contributed by atoms with E-state index in [4.69, 9.17) is 10.1 Å². The number of rotatable bonds is 3. The van der Waals surface area contributed by atoms with Crippen LogP contribution in [0.2, 0.25) is 0 Å². The molecule has 2 aliphatic rings. The Labute approximate surface area is 212 Å². The first kappa shape index (κ1) is 25.5. The molecule has 1 amide bonds. The lowest BCUT2D eigenvalue weighted by Gasteiger charge is -2.46. The molecule has 0 spiro atoms. The molecule has 3 aromatic rings. The Kier molecular flexibility index (Phi) is 6.05. The minimum Gasteiger partial charge on any atom is -0.478 e. The first-order chi connectivity index (χ1) is 17.9. The van der Waals surface area contributed by atoms with Gasteiger partial charge in [-0.05, 0) is 48.4 Å². The zero-order chi connectivity index (χ0) is 27.4. The summed E-state index contributed by atoms with van der Waals surface area (Å²) in [6.45, 7) is 1.83. The summed E-state index contributed by atoms with van der Waals surface area (Å²) in [7, 11) is 0. The third-order valence-corrected chi connectivity index (χ3v) is 6.46. The summed E-state index contributed by atoms with van der Waals surface area (Å²) >= 11 is 0. The first-order valence-corrected chi connectivity index (χ1v) is 11.4. The average Bonchev–Trinajstić information content (AvgIpc) is 2.87. The lowest BCUT2D eigenvalue weighted by Crippen LogP contribution is -2.62. The number of nitrogens with zero attached hydrogens (tertiary/aromatic N) is 3. The van der Waals surface area contributed by atoms with Crippen molar-refractivity contribution in [3.05, 3.63) is 71.3 Å². The van der Waals surface area contributed by atoms with Gasteiger partial charge in [0.05, 0.1) is 17.9 Å². The summed E-state index contributed by atoms with van der Waals surface area (Å²) in [5, 5.41) is 20.8. The lowest BCUT2D eigenvalue weighted by atomic mass is 9.90. The molecule has 4 heterocycles. The molecular weight excluding hydrogens is 513 g/mol. The van der Waals surface area contributed by atoms with E-state index in [1.54, 1.807) is 31.2 Å². The second-order valence-corrected chi connectivity index (χ2v) is 8.93. The van der Waals surface area contributed by atoms with Crippen molar-refractivity contribution < 1.29 is 36.6 Å². The van der Waals surface area contributed by atoms with Crippen LogP contribution in [-0.4, -0.2) is 52.0 Å². The average molecular weight is 533 g/mol.